The number of ether oxygens (including phenoxy) is 1. The van der Waals surface area contributed by atoms with Gasteiger partial charge in [0.1, 0.15) is 11.6 Å². The third kappa shape index (κ3) is 4.54. The fourth-order valence-corrected chi connectivity index (χ4v) is 3.97. The number of benzene rings is 2. The second-order valence-corrected chi connectivity index (χ2v) is 7.95. The van der Waals surface area contributed by atoms with Gasteiger partial charge in [0, 0.05) is 17.3 Å². The summed E-state index contributed by atoms with van der Waals surface area (Å²) in [5.74, 6) is 0.945. The number of carbonyl (C=O) groups is 1. The molecule has 1 saturated carbocycles. The van der Waals surface area contributed by atoms with Crippen LogP contribution in [0.4, 0.5) is 10.1 Å². The van der Waals surface area contributed by atoms with E-state index in [4.69, 9.17) is 16.3 Å². The molecule has 3 aromatic rings. The summed E-state index contributed by atoms with van der Waals surface area (Å²) in [4.78, 5) is 12.4. The smallest absolute Gasteiger partial charge is 0.234 e. The Morgan fingerprint density at radius 1 is 1.28 bits per heavy atom. The first-order valence-corrected chi connectivity index (χ1v) is 10.4. The van der Waals surface area contributed by atoms with E-state index in [1.807, 2.05) is 4.57 Å². The van der Waals surface area contributed by atoms with Crippen LogP contribution in [0.3, 0.4) is 0 Å². The summed E-state index contributed by atoms with van der Waals surface area (Å²) in [6.45, 7) is 0. The first kappa shape index (κ1) is 19.7. The lowest BCUT2D eigenvalue weighted by molar-refractivity contribution is -0.113. The van der Waals surface area contributed by atoms with Crippen LogP contribution in [0, 0.1) is 5.82 Å². The van der Waals surface area contributed by atoms with Gasteiger partial charge >= 0.3 is 0 Å². The zero-order valence-electron chi connectivity index (χ0n) is 15.6. The Morgan fingerprint density at radius 3 is 2.69 bits per heavy atom. The van der Waals surface area contributed by atoms with Crippen LogP contribution in [0.2, 0.25) is 5.02 Å². The predicted octanol–water partition coefficient (Wildman–Crippen LogP) is 4.81. The molecule has 2 aromatic carbocycles. The van der Waals surface area contributed by atoms with E-state index in [9.17, 15) is 9.18 Å². The number of thioether (sulfide) groups is 1. The van der Waals surface area contributed by atoms with Crippen LogP contribution in [0.1, 0.15) is 18.9 Å². The summed E-state index contributed by atoms with van der Waals surface area (Å²) < 4.78 is 20.4. The van der Waals surface area contributed by atoms with Crippen LogP contribution < -0.4 is 10.1 Å². The third-order valence-electron chi connectivity index (χ3n) is 4.45. The fraction of sp³-hybridized carbons (Fsp3) is 0.250. The topological polar surface area (TPSA) is 69.0 Å². The lowest BCUT2D eigenvalue weighted by atomic mass is 10.2. The van der Waals surface area contributed by atoms with Crippen molar-refractivity contribution in [3.05, 3.63) is 53.3 Å². The van der Waals surface area contributed by atoms with E-state index in [-0.39, 0.29) is 17.5 Å². The van der Waals surface area contributed by atoms with Crippen molar-refractivity contribution in [3.63, 3.8) is 0 Å². The van der Waals surface area contributed by atoms with Crippen molar-refractivity contribution in [2.24, 2.45) is 0 Å². The molecule has 1 fully saturated rings. The maximum absolute atomic E-state index is 13.2. The molecule has 0 spiro atoms. The minimum Gasteiger partial charge on any atom is -0.495 e. The first-order valence-electron chi connectivity index (χ1n) is 9.02. The van der Waals surface area contributed by atoms with Crippen molar-refractivity contribution < 1.29 is 13.9 Å². The van der Waals surface area contributed by atoms with Crippen LogP contribution in [0.25, 0.3) is 11.4 Å². The monoisotopic (exact) mass is 432 g/mol. The summed E-state index contributed by atoms with van der Waals surface area (Å²) in [6, 6.07) is 11.6. The summed E-state index contributed by atoms with van der Waals surface area (Å²) in [6.07, 6.45) is 2.08. The van der Waals surface area contributed by atoms with E-state index in [1.165, 1.54) is 31.0 Å². The molecule has 0 atom stereocenters. The summed E-state index contributed by atoms with van der Waals surface area (Å²) in [5, 5.41) is 12.4. The molecule has 1 amide bonds. The van der Waals surface area contributed by atoms with E-state index < -0.39 is 0 Å². The maximum Gasteiger partial charge on any atom is 0.234 e. The Balaban J connectivity index is 1.45. The molecule has 1 aliphatic rings. The number of halogens is 2. The number of hydrogen-bond donors (Lipinski definition) is 1. The second-order valence-electron chi connectivity index (χ2n) is 6.60. The Bertz CT molecular complexity index is 1040. The molecule has 0 radical (unpaired) electrons. The molecule has 4 rings (SSSR count). The number of carbonyl (C=O) groups excluding carboxylic acids is 1. The molecule has 0 bridgehead atoms. The van der Waals surface area contributed by atoms with Crippen molar-refractivity contribution >= 4 is 35.0 Å². The maximum atomic E-state index is 13.2. The molecule has 150 valence electrons. The summed E-state index contributed by atoms with van der Waals surface area (Å²) in [5.41, 5.74) is 1.40. The number of amides is 1. The summed E-state index contributed by atoms with van der Waals surface area (Å²) in [7, 11) is 1.53. The highest BCUT2D eigenvalue weighted by molar-refractivity contribution is 7.99. The van der Waals surface area contributed by atoms with Gasteiger partial charge in [-0.05, 0) is 55.3 Å². The molecular weight excluding hydrogens is 415 g/mol. The number of aromatic nitrogens is 3. The Labute approximate surface area is 176 Å². The number of nitrogens with zero attached hydrogens (tertiary/aromatic N) is 3. The minimum absolute atomic E-state index is 0.176. The molecule has 0 saturated heterocycles. The van der Waals surface area contributed by atoms with E-state index in [0.29, 0.717) is 33.5 Å². The van der Waals surface area contributed by atoms with Gasteiger partial charge in [0.15, 0.2) is 11.0 Å². The minimum atomic E-state index is -0.295. The Morgan fingerprint density at radius 2 is 2.03 bits per heavy atom. The van der Waals surface area contributed by atoms with Gasteiger partial charge in [-0.3, -0.25) is 9.36 Å². The van der Waals surface area contributed by atoms with Gasteiger partial charge < -0.3 is 10.1 Å². The zero-order chi connectivity index (χ0) is 20.4. The molecule has 1 heterocycles. The van der Waals surface area contributed by atoms with Crippen LogP contribution in [0.5, 0.6) is 5.75 Å². The van der Waals surface area contributed by atoms with Gasteiger partial charge in [-0.25, -0.2) is 4.39 Å². The van der Waals surface area contributed by atoms with Crippen molar-refractivity contribution in [3.8, 4) is 17.1 Å². The van der Waals surface area contributed by atoms with Gasteiger partial charge in [0.05, 0.1) is 17.9 Å². The normalized spacial score (nSPS) is 13.3. The molecule has 0 aliphatic heterocycles. The van der Waals surface area contributed by atoms with Crippen LogP contribution in [-0.4, -0.2) is 33.5 Å². The standard InChI is InChI=1S/C20H18ClFN4O2S/c1-28-17-9-6-14(10-16(17)21)23-18(27)11-29-20-25-24-19(26(20)15-7-8-15)12-2-4-13(22)5-3-12/h2-6,9-10,15H,7-8,11H2,1H3,(H,23,27). The second kappa shape index (κ2) is 8.42. The highest BCUT2D eigenvalue weighted by Crippen LogP contribution is 2.41. The van der Waals surface area contributed by atoms with Crippen LogP contribution in [0.15, 0.2) is 47.6 Å². The van der Waals surface area contributed by atoms with E-state index in [0.717, 1.165) is 18.4 Å². The number of nitrogens with one attached hydrogen (secondary N) is 1. The zero-order valence-corrected chi connectivity index (χ0v) is 17.1. The van der Waals surface area contributed by atoms with Gasteiger partial charge in [-0.2, -0.15) is 0 Å². The molecule has 9 heteroatoms. The molecule has 0 unspecified atom stereocenters. The Hall–Kier alpha value is -2.58. The Kier molecular flexibility index (Phi) is 5.73. The predicted molar refractivity (Wildman–Crippen MR) is 111 cm³/mol. The summed E-state index contributed by atoms with van der Waals surface area (Å²) >= 11 is 7.41. The van der Waals surface area contributed by atoms with Crippen LogP contribution in [-0.2, 0) is 4.79 Å². The molecule has 1 aromatic heterocycles. The highest BCUT2D eigenvalue weighted by atomic mass is 35.5. The molecular formula is C20H18ClFN4O2S. The van der Waals surface area contributed by atoms with Gasteiger partial charge in [-0.1, -0.05) is 23.4 Å². The van der Waals surface area contributed by atoms with Gasteiger partial charge in [0.25, 0.3) is 0 Å². The van der Waals surface area contributed by atoms with Gasteiger partial charge in [0.2, 0.25) is 5.91 Å². The number of rotatable bonds is 7. The average molecular weight is 433 g/mol. The van der Waals surface area contributed by atoms with Crippen molar-refractivity contribution in [2.45, 2.75) is 24.0 Å². The van der Waals surface area contributed by atoms with E-state index >= 15 is 0 Å². The molecule has 6 nitrogen and oxygen atoms in total. The number of methoxy groups -OCH3 is 1. The highest BCUT2D eigenvalue weighted by Gasteiger charge is 2.30. The number of hydrogen-bond acceptors (Lipinski definition) is 5. The third-order valence-corrected chi connectivity index (χ3v) is 5.69. The quantitative estimate of drug-likeness (QED) is 0.542. The number of anilines is 1. The van der Waals surface area contributed by atoms with Crippen molar-refractivity contribution in [1.82, 2.24) is 14.8 Å². The SMILES string of the molecule is COc1ccc(NC(=O)CSc2nnc(-c3ccc(F)cc3)n2C2CC2)cc1Cl. The van der Waals surface area contributed by atoms with Crippen molar-refractivity contribution in [1.29, 1.82) is 0 Å². The first-order chi connectivity index (χ1) is 14.0. The van der Waals surface area contributed by atoms with Crippen molar-refractivity contribution in [2.75, 3.05) is 18.2 Å². The molecule has 29 heavy (non-hydrogen) atoms. The van der Waals surface area contributed by atoms with Crippen LogP contribution >= 0.6 is 23.4 Å². The average Bonchev–Trinajstić information content (AvgIpc) is 3.46. The molecule has 1 aliphatic carbocycles. The fourth-order valence-electron chi connectivity index (χ4n) is 2.90. The lowest BCUT2D eigenvalue weighted by Gasteiger charge is -2.10. The molecule has 1 N–H and O–H groups in total. The van der Waals surface area contributed by atoms with E-state index in [1.54, 1.807) is 30.3 Å². The van der Waals surface area contributed by atoms with E-state index in [2.05, 4.69) is 15.5 Å². The van der Waals surface area contributed by atoms with Gasteiger partial charge in [-0.15, -0.1) is 10.2 Å². The lowest BCUT2D eigenvalue weighted by Crippen LogP contribution is -2.14. The largest absolute Gasteiger partial charge is 0.495 e.